The molecule has 1 heterocycles. The molecule has 0 bridgehead atoms. The lowest BCUT2D eigenvalue weighted by atomic mass is 10.1. The van der Waals surface area contributed by atoms with E-state index in [0.717, 1.165) is 17.1 Å². The molecule has 0 saturated carbocycles. The van der Waals surface area contributed by atoms with E-state index in [1.165, 1.54) is 11.1 Å². The van der Waals surface area contributed by atoms with Gasteiger partial charge in [0.25, 0.3) is 0 Å². The van der Waals surface area contributed by atoms with Gasteiger partial charge in [0.1, 0.15) is 0 Å². The highest BCUT2D eigenvalue weighted by Gasteiger charge is 2.02. The highest BCUT2D eigenvalue weighted by atomic mass is 35.5. The van der Waals surface area contributed by atoms with Gasteiger partial charge in [0, 0.05) is 17.1 Å². The molecular formula is C19H18ClN5S. The van der Waals surface area contributed by atoms with E-state index < -0.39 is 0 Å². The minimum atomic E-state index is 0.361. The van der Waals surface area contributed by atoms with Gasteiger partial charge in [-0.15, -0.1) is 10.2 Å². The third-order valence-electron chi connectivity index (χ3n) is 3.81. The van der Waals surface area contributed by atoms with E-state index in [0.29, 0.717) is 16.1 Å². The van der Waals surface area contributed by atoms with Gasteiger partial charge in [-0.1, -0.05) is 17.7 Å². The number of nitrogens with one attached hydrogen (secondary N) is 3. The van der Waals surface area contributed by atoms with Gasteiger partial charge < -0.3 is 16.0 Å². The number of halogens is 1. The van der Waals surface area contributed by atoms with Gasteiger partial charge in [0.2, 0.25) is 0 Å². The maximum absolute atomic E-state index is 5.73. The van der Waals surface area contributed by atoms with Crippen LogP contribution in [-0.4, -0.2) is 15.3 Å². The zero-order chi connectivity index (χ0) is 18.5. The number of aryl methyl sites for hydroxylation is 2. The first-order valence-corrected chi connectivity index (χ1v) is 8.80. The van der Waals surface area contributed by atoms with Crippen molar-refractivity contribution in [2.75, 3.05) is 16.0 Å². The number of rotatable bonds is 4. The van der Waals surface area contributed by atoms with E-state index in [2.05, 4.69) is 52.1 Å². The average Bonchev–Trinajstić information content (AvgIpc) is 2.62. The molecule has 3 N–H and O–H groups in total. The Balaban J connectivity index is 1.58. The number of hydrogen-bond acceptors (Lipinski definition) is 4. The molecule has 7 heteroatoms. The number of benzene rings is 2. The molecule has 0 aliphatic heterocycles. The number of nitrogens with zero attached hydrogens (tertiary/aromatic N) is 2. The predicted octanol–water partition coefficient (Wildman–Crippen LogP) is 5.30. The van der Waals surface area contributed by atoms with Crippen molar-refractivity contribution < 1.29 is 0 Å². The molecule has 0 atom stereocenters. The largest absolute Gasteiger partial charge is 0.339 e. The molecule has 26 heavy (non-hydrogen) atoms. The summed E-state index contributed by atoms with van der Waals surface area (Å²) in [5, 5.41) is 18.2. The third-order valence-corrected chi connectivity index (χ3v) is 4.22. The van der Waals surface area contributed by atoms with Crippen LogP contribution in [0, 0.1) is 13.8 Å². The molecule has 3 aromatic rings. The summed E-state index contributed by atoms with van der Waals surface area (Å²) in [5.41, 5.74) is 5.21. The Morgan fingerprint density at radius 1 is 0.808 bits per heavy atom. The highest BCUT2D eigenvalue weighted by molar-refractivity contribution is 7.80. The van der Waals surface area contributed by atoms with E-state index in [1.807, 2.05) is 30.3 Å². The van der Waals surface area contributed by atoms with Crippen LogP contribution in [0.2, 0.25) is 5.15 Å². The van der Waals surface area contributed by atoms with Crippen molar-refractivity contribution in [1.29, 1.82) is 0 Å². The van der Waals surface area contributed by atoms with Crippen LogP contribution in [0.5, 0.6) is 0 Å². The predicted molar refractivity (Wildman–Crippen MR) is 113 cm³/mol. The van der Waals surface area contributed by atoms with E-state index >= 15 is 0 Å². The molecule has 5 nitrogen and oxygen atoms in total. The van der Waals surface area contributed by atoms with E-state index in [9.17, 15) is 0 Å². The molecule has 3 rings (SSSR count). The van der Waals surface area contributed by atoms with Crippen molar-refractivity contribution >= 4 is 51.8 Å². The van der Waals surface area contributed by atoms with Gasteiger partial charge in [-0.05, 0) is 85.7 Å². The summed E-state index contributed by atoms with van der Waals surface area (Å²) in [6, 6.07) is 17.3. The van der Waals surface area contributed by atoms with Crippen LogP contribution in [0.25, 0.3) is 0 Å². The maximum atomic E-state index is 5.73. The molecule has 0 saturated heterocycles. The molecule has 1 aromatic heterocycles. The Morgan fingerprint density at radius 2 is 1.46 bits per heavy atom. The number of hydrogen-bond donors (Lipinski definition) is 3. The number of anilines is 4. The molecule has 132 valence electrons. The van der Waals surface area contributed by atoms with Gasteiger partial charge in [-0.2, -0.15) is 0 Å². The van der Waals surface area contributed by atoms with Crippen molar-refractivity contribution in [3.05, 3.63) is 70.9 Å². The molecule has 0 amide bonds. The Hall–Kier alpha value is -2.70. The average molecular weight is 384 g/mol. The maximum Gasteiger partial charge on any atom is 0.175 e. The summed E-state index contributed by atoms with van der Waals surface area (Å²) in [7, 11) is 0. The lowest BCUT2D eigenvalue weighted by molar-refractivity contribution is 1.04. The number of thiocarbonyl (C=S) groups is 1. The standard InChI is InChI=1S/C19H18ClN5S/c1-12-3-4-16(11-13(12)2)23-19(26)22-15-7-5-14(6-8-15)21-18-10-9-17(20)24-25-18/h3-11H,1-2H3,(H,21,25)(H2,22,23,26). The summed E-state index contributed by atoms with van der Waals surface area (Å²) in [6.07, 6.45) is 0. The van der Waals surface area contributed by atoms with Crippen molar-refractivity contribution in [2.24, 2.45) is 0 Å². The molecule has 0 aliphatic rings. The van der Waals surface area contributed by atoms with Crippen LogP contribution in [0.15, 0.2) is 54.6 Å². The third kappa shape index (κ3) is 4.91. The summed E-state index contributed by atoms with van der Waals surface area (Å²) in [4.78, 5) is 0. The van der Waals surface area contributed by atoms with Gasteiger partial charge in [-0.3, -0.25) is 0 Å². The number of aromatic nitrogens is 2. The first-order valence-electron chi connectivity index (χ1n) is 8.01. The fourth-order valence-electron chi connectivity index (χ4n) is 2.28. The smallest absolute Gasteiger partial charge is 0.175 e. The van der Waals surface area contributed by atoms with Crippen LogP contribution in [0.4, 0.5) is 22.9 Å². The van der Waals surface area contributed by atoms with Crippen LogP contribution in [0.1, 0.15) is 11.1 Å². The van der Waals surface area contributed by atoms with Gasteiger partial charge in [-0.25, -0.2) is 0 Å². The van der Waals surface area contributed by atoms with Crippen molar-refractivity contribution in [3.8, 4) is 0 Å². The second-order valence-corrected chi connectivity index (χ2v) is 6.62. The lowest BCUT2D eigenvalue weighted by Crippen LogP contribution is -2.19. The first-order chi connectivity index (χ1) is 12.5. The quantitative estimate of drug-likeness (QED) is 0.531. The fourth-order valence-corrected chi connectivity index (χ4v) is 2.62. The van der Waals surface area contributed by atoms with Crippen LogP contribution in [-0.2, 0) is 0 Å². The van der Waals surface area contributed by atoms with Crippen LogP contribution < -0.4 is 16.0 Å². The summed E-state index contributed by atoms with van der Waals surface area (Å²) >= 11 is 11.1. The molecule has 0 fully saturated rings. The Kier molecular flexibility index (Phi) is 5.65. The molecule has 0 spiro atoms. The molecular weight excluding hydrogens is 366 g/mol. The minimum Gasteiger partial charge on any atom is -0.339 e. The molecule has 0 unspecified atom stereocenters. The summed E-state index contributed by atoms with van der Waals surface area (Å²) in [5.74, 6) is 0.627. The van der Waals surface area contributed by atoms with Crippen LogP contribution in [0.3, 0.4) is 0 Å². The Labute approximate surface area is 162 Å². The second-order valence-electron chi connectivity index (χ2n) is 5.82. The van der Waals surface area contributed by atoms with E-state index in [4.69, 9.17) is 23.8 Å². The Morgan fingerprint density at radius 3 is 2.12 bits per heavy atom. The van der Waals surface area contributed by atoms with Gasteiger partial charge in [0.05, 0.1) is 0 Å². The summed E-state index contributed by atoms with van der Waals surface area (Å²) < 4.78 is 0. The van der Waals surface area contributed by atoms with E-state index in [1.54, 1.807) is 12.1 Å². The zero-order valence-electron chi connectivity index (χ0n) is 14.4. The SMILES string of the molecule is Cc1ccc(NC(=S)Nc2ccc(Nc3ccc(Cl)nn3)cc2)cc1C. The van der Waals surface area contributed by atoms with E-state index in [-0.39, 0.29) is 0 Å². The molecule has 2 aromatic carbocycles. The van der Waals surface area contributed by atoms with Crippen LogP contribution >= 0.6 is 23.8 Å². The first kappa shape index (κ1) is 18.1. The Bertz CT molecular complexity index is 910. The summed E-state index contributed by atoms with van der Waals surface area (Å²) in [6.45, 7) is 4.16. The van der Waals surface area contributed by atoms with Crippen molar-refractivity contribution in [1.82, 2.24) is 10.2 Å². The minimum absolute atomic E-state index is 0.361. The topological polar surface area (TPSA) is 61.9 Å². The molecule has 0 radical (unpaired) electrons. The lowest BCUT2D eigenvalue weighted by Gasteiger charge is -2.12. The van der Waals surface area contributed by atoms with Gasteiger partial charge >= 0.3 is 0 Å². The fraction of sp³-hybridized carbons (Fsp3) is 0.105. The molecule has 0 aliphatic carbocycles. The zero-order valence-corrected chi connectivity index (χ0v) is 15.9. The highest BCUT2D eigenvalue weighted by Crippen LogP contribution is 2.19. The monoisotopic (exact) mass is 383 g/mol. The normalized spacial score (nSPS) is 10.3. The van der Waals surface area contributed by atoms with Gasteiger partial charge in [0.15, 0.2) is 16.1 Å². The second kappa shape index (κ2) is 8.12. The van der Waals surface area contributed by atoms with Crippen molar-refractivity contribution in [3.63, 3.8) is 0 Å². The van der Waals surface area contributed by atoms with Crippen molar-refractivity contribution in [2.45, 2.75) is 13.8 Å².